The second kappa shape index (κ2) is 3.36. The van der Waals surface area contributed by atoms with Gasteiger partial charge in [0.05, 0.1) is 21.5 Å². The minimum atomic E-state index is 0.587. The molecule has 8 heteroatoms. The van der Waals surface area contributed by atoms with E-state index < -0.39 is 0 Å². The molecular formula is C6H10N4S4. The van der Waals surface area contributed by atoms with Crippen LogP contribution in [0.5, 0.6) is 0 Å². The molecule has 0 radical (unpaired) electrons. The second-order valence-electron chi connectivity index (χ2n) is 3.80. The van der Waals surface area contributed by atoms with E-state index in [1.807, 2.05) is 43.2 Å². The Kier molecular flexibility index (Phi) is 2.23. The van der Waals surface area contributed by atoms with Crippen LogP contribution in [0, 0.1) is 11.8 Å². The third kappa shape index (κ3) is 1.17. The summed E-state index contributed by atoms with van der Waals surface area (Å²) in [4.78, 5) is 0. The van der Waals surface area contributed by atoms with Crippen LogP contribution in [0.3, 0.4) is 0 Å². The summed E-state index contributed by atoms with van der Waals surface area (Å²) in [5, 5.41) is 2.35. The van der Waals surface area contributed by atoms with E-state index in [0.29, 0.717) is 21.5 Å². The van der Waals surface area contributed by atoms with Crippen molar-refractivity contribution in [1.29, 1.82) is 0 Å². The molecule has 0 aromatic carbocycles. The van der Waals surface area contributed by atoms with Crippen molar-refractivity contribution < 1.29 is 0 Å². The Morgan fingerprint density at radius 3 is 1.07 bits per heavy atom. The van der Waals surface area contributed by atoms with Crippen molar-refractivity contribution in [2.24, 2.45) is 11.8 Å². The molecule has 0 bridgehead atoms. The molecule has 0 amide bonds. The van der Waals surface area contributed by atoms with E-state index in [0.717, 1.165) is 11.8 Å². The molecule has 4 heterocycles. The van der Waals surface area contributed by atoms with Crippen LogP contribution >= 0.6 is 43.2 Å². The standard InChI is InChI=1S/C6H10N4S4/c7-3-1-2-5(13-11-3)9-10-6(2)14-12-4(1)8-7/h1-10H. The molecule has 4 unspecified atom stereocenters. The smallest absolute Gasteiger partial charge is 0.0826 e. The van der Waals surface area contributed by atoms with Gasteiger partial charge in [0.1, 0.15) is 0 Å². The van der Waals surface area contributed by atoms with E-state index in [4.69, 9.17) is 0 Å². The van der Waals surface area contributed by atoms with Crippen LogP contribution < -0.4 is 21.7 Å². The zero-order valence-corrected chi connectivity index (χ0v) is 10.4. The predicted molar refractivity (Wildman–Crippen MR) is 65.0 cm³/mol. The zero-order valence-electron chi connectivity index (χ0n) is 7.10. The summed E-state index contributed by atoms with van der Waals surface area (Å²) in [6.45, 7) is 0. The van der Waals surface area contributed by atoms with E-state index >= 15 is 0 Å². The van der Waals surface area contributed by atoms with Crippen LogP contribution in [0.2, 0.25) is 0 Å². The molecule has 14 heavy (non-hydrogen) atoms. The van der Waals surface area contributed by atoms with Gasteiger partial charge >= 0.3 is 0 Å². The maximum Gasteiger partial charge on any atom is 0.0826 e. The lowest BCUT2D eigenvalue weighted by Gasteiger charge is -2.40. The van der Waals surface area contributed by atoms with Gasteiger partial charge in [-0.05, 0) is 0 Å². The molecule has 0 aliphatic carbocycles. The molecule has 78 valence electrons. The van der Waals surface area contributed by atoms with E-state index in [2.05, 4.69) is 21.7 Å². The van der Waals surface area contributed by atoms with Gasteiger partial charge in [-0.1, -0.05) is 43.2 Å². The van der Waals surface area contributed by atoms with Crippen LogP contribution in [0.25, 0.3) is 0 Å². The SMILES string of the molecule is N1NC2SSC3NNC4SSC1C2C43. The lowest BCUT2D eigenvalue weighted by molar-refractivity contribution is 0.358. The molecule has 4 fully saturated rings. The number of hydrogen-bond acceptors (Lipinski definition) is 8. The van der Waals surface area contributed by atoms with Gasteiger partial charge in [0, 0.05) is 11.8 Å². The quantitative estimate of drug-likeness (QED) is 0.474. The molecule has 0 aromatic rings. The second-order valence-corrected chi connectivity index (χ2v) is 8.91. The number of hydrogen-bond donors (Lipinski definition) is 4. The van der Waals surface area contributed by atoms with Crippen molar-refractivity contribution in [3.05, 3.63) is 0 Å². The summed E-state index contributed by atoms with van der Waals surface area (Å²) in [6.07, 6.45) is 0. The first-order chi connectivity index (χ1) is 6.93. The highest BCUT2D eigenvalue weighted by molar-refractivity contribution is 8.78. The van der Waals surface area contributed by atoms with Gasteiger partial charge < -0.3 is 0 Å². The van der Waals surface area contributed by atoms with Crippen molar-refractivity contribution in [3.8, 4) is 0 Å². The Balaban J connectivity index is 1.73. The van der Waals surface area contributed by atoms with Gasteiger partial charge in [0.2, 0.25) is 0 Å². The van der Waals surface area contributed by atoms with Crippen LogP contribution in [-0.4, -0.2) is 21.5 Å². The monoisotopic (exact) mass is 266 g/mol. The van der Waals surface area contributed by atoms with Crippen molar-refractivity contribution in [2.75, 3.05) is 0 Å². The fraction of sp³-hybridized carbons (Fsp3) is 1.00. The maximum atomic E-state index is 3.40. The van der Waals surface area contributed by atoms with Crippen LogP contribution in [-0.2, 0) is 0 Å². The molecule has 4 saturated heterocycles. The maximum absolute atomic E-state index is 3.40. The third-order valence-electron chi connectivity index (χ3n) is 3.10. The topological polar surface area (TPSA) is 48.1 Å². The van der Waals surface area contributed by atoms with Crippen LogP contribution in [0.4, 0.5) is 0 Å². The van der Waals surface area contributed by atoms with Crippen molar-refractivity contribution >= 4 is 43.2 Å². The zero-order chi connectivity index (χ0) is 9.12. The molecule has 4 aliphatic heterocycles. The Morgan fingerprint density at radius 2 is 0.786 bits per heavy atom. The molecule has 0 spiro atoms. The highest BCUT2D eigenvalue weighted by Crippen LogP contribution is 2.59. The molecule has 4 atom stereocenters. The third-order valence-corrected chi connectivity index (χ3v) is 9.04. The van der Waals surface area contributed by atoms with Crippen molar-refractivity contribution in [1.82, 2.24) is 21.7 Å². The Bertz CT molecular complexity index is 216. The highest BCUT2D eigenvalue weighted by atomic mass is 33.1. The average Bonchev–Trinajstić information content (AvgIpc) is 2.77. The van der Waals surface area contributed by atoms with Gasteiger partial charge in [-0.25, -0.2) is 21.7 Å². The first-order valence-electron chi connectivity index (χ1n) is 4.60. The highest BCUT2D eigenvalue weighted by Gasteiger charge is 2.56. The predicted octanol–water partition coefficient (Wildman–Crippen LogP) is 0.529. The summed E-state index contributed by atoms with van der Waals surface area (Å²) in [5.41, 5.74) is 13.6. The summed E-state index contributed by atoms with van der Waals surface area (Å²) in [6, 6.07) is 0. The lowest BCUT2D eigenvalue weighted by atomic mass is 9.93. The Hall–Kier alpha value is 1.24. The van der Waals surface area contributed by atoms with Crippen LogP contribution in [0.1, 0.15) is 0 Å². The van der Waals surface area contributed by atoms with Gasteiger partial charge in [-0.2, -0.15) is 0 Å². The Morgan fingerprint density at radius 1 is 0.500 bits per heavy atom. The molecule has 4 nitrogen and oxygen atoms in total. The lowest BCUT2D eigenvalue weighted by Crippen LogP contribution is -2.44. The van der Waals surface area contributed by atoms with E-state index in [1.54, 1.807) is 0 Å². The fourth-order valence-electron chi connectivity index (χ4n) is 2.43. The number of rotatable bonds is 0. The van der Waals surface area contributed by atoms with Gasteiger partial charge in [-0.15, -0.1) is 0 Å². The van der Waals surface area contributed by atoms with Gasteiger partial charge in [0.15, 0.2) is 0 Å². The Labute approximate surface area is 98.0 Å². The average molecular weight is 266 g/mol. The normalized spacial score (nSPS) is 60.0. The first kappa shape index (κ1) is 9.29. The van der Waals surface area contributed by atoms with E-state index in [9.17, 15) is 0 Å². The molecule has 4 rings (SSSR count). The van der Waals surface area contributed by atoms with Crippen molar-refractivity contribution in [2.45, 2.75) is 21.5 Å². The fourth-order valence-corrected chi connectivity index (χ4v) is 8.99. The van der Waals surface area contributed by atoms with Crippen molar-refractivity contribution in [3.63, 3.8) is 0 Å². The van der Waals surface area contributed by atoms with Crippen LogP contribution in [0.15, 0.2) is 0 Å². The summed E-state index contributed by atoms with van der Waals surface area (Å²) >= 11 is 0. The van der Waals surface area contributed by atoms with E-state index in [1.165, 1.54) is 0 Å². The summed E-state index contributed by atoms with van der Waals surface area (Å²) in [7, 11) is 7.87. The van der Waals surface area contributed by atoms with Gasteiger partial charge in [0.25, 0.3) is 0 Å². The molecular weight excluding hydrogens is 256 g/mol. The molecule has 0 saturated carbocycles. The number of hydrazine groups is 2. The summed E-state index contributed by atoms with van der Waals surface area (Å²) < 4.78 is 0. The molecule has 0 aromatic heterocycles. The minimum absolute atomic E-state index is 0.587. The first-order valence-corrected chi connectivity index (χ1v) is 9.15. The number of nitrogens with one attached hydrogen (secondary N) is 4. The van der Waals surface area contributed by atoms with E-state index in [-0.39, 0.29) is 0 Å². The summed E-state index contributed by atoms with van der Waals surface area (Å²) in [5.74, 6) is 1.51. The molecule has 4 aliphatic rings. The largest absolute Gasteiger partial charge is 0.242 e. The minimum Gasteiger partial charge on any atom is -0.242 e. The molecule has 4 N–H and O–H groups in total. The van der Waals surface area contributed by atoms with Gasteiger partial charge in [-0.3, -0.25) is 0 Å².